The summed E-state index contributed by atoms with van der Waals surface area (Å²) < 4.78 is 15.1. The Hall–Kier alpha value is -1.68. The van der Waals surface area contributed by atoms with Gasteiger partial charge in [-0.25, -0.2) is 9.37 Å². The molecule has 3 nitrogen and oxygen atoms in total. The lowest BCUT2D eigenvalue weighted by atomic mass is 10.2. The maximum absolute atomic E-state index is 13.3. The summed E-state index contributed by atoms with van der Waals surface area (Å²) in [5, 5.41) is 0.262. The molecule has 1 heterocycles. The average molecular weight is 265 g/mol. The van der Waals surface area contributed by atoms with Crippen molar-refractivity contribution in [2.24, 2.45) is 0 Å². The number of carbonyl (C=O) groups is 1. The lowest BCUT2D eigenvalue weighted by Crippen LogP contribution is -1.96. The van der Waals surface area contributed by atoms with Crippen molar-refractivity contribution in [1.29, 1.82) is 0 Å². The maximum Gasteiger partial charge on any atom is 0.153 e. The van der Waals surface area contributed by atoms with Crippen LogP contribution in [-0.4, -0.2) is 15.8 Å². The molecule has 1 saturated carbocycles. The highest BCUT2D eigenvalue weighted by Gasteiger charge is 2.26. The van der Waals surface area contributed by atoms with E-state index in [1.165, 1.54) is 6.07 Å². The van der Waals surface area contributed by atoms with E-state index < -0.39 is 5.82 Å². The average Bonchev–Trinajstić information content (AvgIpc) is 3.09. The number of aldehydes is 1. The summed E-state index contributed by atoms with van der Waals surface area (Å²) >= 11 is 5.99. The van der Waals surface area contributed by atoms with Gasteiger partial charge in [0.2, 0.25) is 0 Å². The zero-order valence-electron chi connectivity index (χ0n) is 9.44. The number of benzene rings is 1. The number of halogens is 2. The van der Waals surface area contributed by atoms with Gasteiger partial charge in [0.1, 0.15) is 5.82 Å². The normalized spacial score (nSPS) is 14.8. The molecule has 18 heavy (non-hydrogen) atoms. The Morgan fingerprint density at radius 3 is 2.89 bits per heavy atom. The van der Waals surface area contributed by atoms with E-state index in [4.69, 9.17) is 11.6 Å². The molecule has 0 aliphatic heterocycles. The predicted molar refractivity (Wildman–Crippen MR) is 65.9 cm³/mol. The molecule has 0 saturated heterocycles. The van der Waals surface area contributed by atoms with E-state index in [9.17, 15) is 9.18 Å². The minimum absolute atomic E-state index is 0.00364. The van der Waals surface area contributed by atoms with Crippen LogP contribution in [0.3, 0.4) is 0 Å². The summed E-state index contributed by atoms with van der Waals surface area (Å²) in [6.07, 6.45) is 6.32. The van der Waals surface area contributed by atoms with Gasteiger partial charge in [-0.05, 0) is 25.0 Å². The van der Waals surface area contributed by atoms with E-state index in [1.54, 1.807) is 10.9 Å². The fourth-order valence-corrected chi connectivity index (χ4v) is 2.15. The molecule has 2 aromatic rings. The first-order valence-electron chi connectivity index (χ1n) is 5.67. The highest BCUT2D eigenvalue weighted by Crippen LogP contribution is 2.39. The van der Waals surface area contributed by atoms with Gasteiger partial charge in [0, 0.05) is 12.1 Å². The van der Waals surface area contributed by atoms with Crippen molar-refractivity contribution in [1.82, 2.24) is 9.55 Å². The van der Waals surface area contributed by atoms with Crippen LogP contribution in [0.5, 0.6) is 0 Å². The van der Waals surface area contributed by atoms with Crippen molar-refractivity contribution in [3.05, 3.63) is 46.8 Å². The molecule has 0 unspecified atom stereocenters. The van der Waals surface area contributed by atoms with Crippen LogP contribution in [-0.2, 0) is 0 Å². The third-order valence-corrected chi connectivity index (χ3v) is 3.37. The van der Waals surface area contributed by atoms with Crippen molar-refractivity contribution in [3.8, 4) is 5.69 Å². The second-order valence-electron chi connectivity index (χ2n) is 4.42. The first-order valence-corrected chi connectivity index (χ1v) is 6.05. The number of nitrogens with zero attached hydrogens (tertiary/aromatic N) is 2. The number of imidazole rings is 1. The molecule has 0 spiro atoms. The van der Waals surface area contributed by atoms with Crippen LogP contribution in [0.25, 0.3) is 5.69 Å². The highest BCUT2D eigenvalue weighted by atomic mass is 35.5. The Kier molecular flexibility index (Phi) is 2.67. The lowest BCUT2D eigenvalue weighted by molar-refractivity contribution is 0.112. The second kappa shape index (κ2) is 4.21. The van der Waals surface area contributed by atoms with Crippen molar-refractivity contribution in [2.45, 2.75) is 18.8 Å². The summed E-state index contributed by atoms with van der Waals surface area (Å²) in [4.78, 5) is 15.0. The van der Waals surface area contributed by atoms with Gasteiger partial charge >= 0.3 is 0 Å². The van der Waals surface area contributed by atoms with E-state index in [-0.39, 0.29) is 10.6 Å². The standard InChI is InChI=1S/C13H10ClFN2O/c14-10-4-11(15)9(6-18)3-13(10)17-5-12(16-7-17)8-1-2-8/h3-8H,1-2H2. The van der Waals surface area contributed by atoms with Gasteiger partial charge in [0.05, 0.1) is 28.3 Å². The zero-order valence-corrected chi connectivity index (χ0v) is 10.2. The summed E-state index contributed by atoms with van der Waals surface area (Å²) in [6.45, 7) is 0. The molecule has 0 bridgehead atoms. The van der Waals surface area contributed by atoms with Gasteiger partial charge in [-0.2, -0.15) is 0 Å². The Labute approximate surface area is 108 Å². The molecule has 1 fully saturated rings. The number of hydrogen-bond acceptors (Lipinski definition) is 2. The second-order valence-corrected chi connectivity index (χ2v) is 4.83. The molecule has 0 radical (unpaired) electrons. The molecule has 1 aromatic heterocycles. The summed E-state index contributed by atoms with van der Waals surface area (Å²) in [6, 6.07) is 2.58. The third-order valence-electron chi connectivity index (χ3n) is 3.07. The van der Waals surface area contributed by atoms with Gasteiger partial charge < -0.3 is 4.57 Å². The van der Waals surface area contributed by atoms with Crippen molar-refractivity contribution >= 4 is 17.9 Å². The highest BCUT2D eigenvalue weighted by molar-refractivity contribution is 6.32. The van der Waals surface area contributed by atoms with Crippen LogP contribution in [0.15, 0.2) is 24.7 Å². The zero-order chi connectivity index (χ0) is 12.7. The van der Waals surface area contributed by atoms with Crippen molar-refractivity contribution < 1.29 is 9.18 Å². The summed E-state index contributed by atoms with van der Waals surface area (Å²) in [5.74, 6) is -0.0719. The Morgan fingerprint density at radius 2 is 2.22 bits per heavy atom. The van der Waals surface area contributed by atoms with Gasteiger partial charge in [0.25, 0.3) is 0 Å². The van der Waals surface area contributed by atoms with Gasteiger partial charge in [-0.3, -0.25) is 4.79 Å². The minimum Gasteiger partial charge on any atom is -0.304 e. The molecule has 0 amide bonds. The van der Waals surface area contributed by atoms with Crippen molar-refractivity contribution in [3.63, 3.8) is 0 Å². The Balaban J connectivity index is 2.06. The number of aromatic nitrogens is 2. The molecule has 92 valence electrons. The molecule has 3 rings (SSSR count). The monoisotopic (exact) mass is 264 g/mol. The number of hydrogen-bond donors (Lipinski definition) is 0. The van der Waals surface area contributed by atoms with Crippen LogP contribution in [0.4, 0.5) is 4.39 Å². The lowest BCUT2D eigenvalue weighted by Gasteiger charge is -2.06. The van der Waals surface area contributed by atoms with Crippen LogP contribution < -0.4 is 0 Å². The fourth-order valence-electron chi connectivity index (χ4n) is 1.90. The molecule has 0 atom stereocenters. The van der Waals surface area contributed by atoms with Crippen LogP contribution in [0.1, 0.15) is 34.8 Å². The fraction of sp³-hybridized carbons (Fsp3) is 0.231. The summed E-state index contributed by atoms with van der Waals surface area (Å²) in [7, 11) is 0. The van der Waals surface area contributed by atoms with E-state index in [0.29, 0.717) is 17.9 Å². The van der Waals surface area contributed by atoms with Crippen LogP contribution in [0, 0.1) is 5.82 Å². The number of carbonyl (C=O) groups excluding carboxylic acids is 1. The van der Waals surface area contributed by atoms with E-state index in [0.717, 1.165) is 24.6 Å². The molecule has 5 heteroatoms. The smallest absolute Gasteiger partial charge is 0.153 e. The largest absolute Gasteiger partial charge is 0.304 e. The SMILES string of the molecule is O=Cc1cc(-n2cnc(C3CC3)c2)c(Cl)cc1F. The Morgan fingerprint density at radius 1 is 1.44 bits per heavy atom. The van der Waals surface area contributed by atoms with Gasteiger partial charge in [-0.1, -0.05) is 11.6 Å². The Bertz CT molecular complexity index is 619. The molecular formula is C13H10ClFN2O. The molecule has 0 N–H and O–H groups in total. The van der Waals surface area contributed by atoms with Crippen LogP contribution in [0.2, 0.25) is 5.02 Å². The third kappa shape index (κ3) is 1.93. The molecule has 1 aliphatic rings. The predicted octanol–water partition coefficient (Wildman–Crippen LogP) is 3.35. The minimum atomic E-state index is -0.610. The maximum atomic E-state index is 13.3. The topological polar surface area (TPSA) is 34.9 Å². The van der Waals surface area contributed by atoms with E-state index in [1.807, 2.05) is 6.20 Å². The molecule has 1 aliphatic carbocycles. The van der Waals surface area contributed by atoms with Gasteiger partial charge in [-0.15, -0.1) is 0 Å². The first-order chi connectivity index (χ1) is 8.69. The first kappa shape index (κ1) is 11.4. The van der Waals surface area contributed by atoms with E-state index in [2.05, 4.69) is 4.98 Å². The van der Waals surface area contributed by atoms with Gasteiger partial charge in [0.15, 0.2) is 6.29 Å². The molecule has 1 aromatic carbocycles. The van der Waals surface area contributed by atoms with Crippen LogP contribution >= 0.6 is 11.6 Å². The quantitative estimate of drug-likeness (QED) is 0.797. The molecular weight excluding hydrogens is 255 g/mol. The number of rotatable bonds is 3. The van der Waals surface area contributed by atoms with Crippen molar-refractivity contribution in [2.75, 3.05) is 0 Å². The summed E-state index contributed by atoms with van der Waals surface area (Å²) in [5.41, 5.74) is 1.58. The van der Waals surface area contributed by atoms with E-state index >= 15 is 0 Å².